The second kappa shape index (κ2) is 11.9. The molecule has 13 heteroatoms. The zero-order chi connectivity index (χ0) is 29.9. The zero-order valence-electron chi connectivity index (χ0n) is 22.8. The van der Waals surface area contributed by atoms with E-state index in [1.54, 1.807) is 45.0 Å². The second-order valence-electron chi connectivity index (χ2n) is 10.9. The number of esters is 2. The molecule has 2 saturated heterocycles. The number of non-ortho nitro benzene ring substituents is 1. The molecule has 0 radical (unpaired) electrons. The van der Waals surface area contributed by atoms with E-state index in [9.17, 15) is 34.4 Å². The summed E-state index contributed by atoms with van der Waals surface area (Å²) in [5, 5.41) is 24.6. The Balaban J connectivity index is 1.51. The fraction of sp³-hybridized carbons (Fsp3) is 0.429. The van der Waals surface area contributed by atoms with Crippen molar-refractivity contribution in [3.05, 3.63) is 75.8 Å². The van der Waals surface area contributed by atoms with Crippen LogP contribution in [-0.2, 0) is 41.7 Å². The molecule has 0 spiro atoms. The molecule has 4 rings (SSSR count). The first kappa shape index (κ1) is 30.0. The number of β-lactam (4-membered cyclic amide) rings is 1. The Kier molecular flexibility index (Phi) is 8.69. The number of rotatable bonds is 9. The SMILES string of the molecule is CC(C)(C)OC(=O)CC1CS[C@@H]2[C@H](NC(=O)Cc3ccccc3)C(=O)N2C1(O)C(=O)OCc1ccc([N+](=O)[O-])cc1. The molecule has 2 aliphatic heterocycles. The van der Waals surface area contributed by atoms with E-state index in [2.05, 4.69) is 5.32 Å². The fourth-order valence-electron chi connectivity index (χ4n) is 4.68. The maximum Gasteiger partial charge on any atom is 0.360 e. The molecule has 0 bridgehead atoms. The molecule has 0 aliphatic carbocycles. The van der Waals surface area contributed by atoms with Gasteiger partial charge in [-0.2, -0.15) is 0 Å². The second-order valence-corrected chi connectivity index (χ2v) is 12.0. The van der Waals surface area contributed by atoms with E-state index in [4.69, 9.17) is 9.47 Å². The van der Waals surface area contributed by atoms with Crippen molar-refractivity contribution in [3.63, 3.8) is 0 Å². The summed E-state index contributed by atoms with van der Waals surface area (Å²) in [6, 6.07) is 13.3. The van der Waals surface area contributed by atoms with Crippen molar-refractivity contribution in [1.82, 2.24) is 10.2 Å². The van der Waals surface area contributed by atoms with Crippen molar-refractivity contribution in [1.29, 1.82) is 0 Å². The van der Waals surface area contributed by atoms with Gasteiger partial charge >= 0.3 is 11.9 Å². The van der Waals surface area contributed by atoms with Crippen molar-refractivity contribution in [2.24, 2.45) is 5.92 Å². The normalized spacial score (nSPS) is 23.6. The van der Waals surface area contributed by atoms with Gasteiger partial charge in [0.15, 0.2) is 0 Å². The molecule has 41 heavy (non-hydrogen) atoms. The number of hydrogen-bond acceptors (Lipinski definition) is 10. The minimum Gasteiger partial charge on any atom is -0.460 e. The number of carbonyl (C=O) groups excluding carboxylic acids is 4. The van der Waals surface area contributed by atoms with Crippen LogP contribution < -0.4 is 5.32 Å². The molecule has 2 fully saturated rings. The molecule has 2 aromatic rings. The highest BCUT2D eigenvalue weighted by molar-refractivity contribution is 8.00. The summed E-state index contributed by atoms with van der Waals surface area (Å²) in [6.45, 7) is 4.71. The van der Waals surface area contributed by atoms with Gasteiger partial charge in [-0.25, -0.2) is 4.79 Å². The van der Waals surface area contributed by atoms with Gasteiger partial charge in [0.05, 0.1) is 17.8 Å². The monoisotopic (exact) mass is 585 g/mol. The lowest BCUT2D eigenvalue weighted by Gasteiger charge is -2.58. The lowest BCUT2D eigenvalue weighted by atomic mass is 9.87. The van der Waals surface area contributed by atoms with Gasteiger partial charge < -0.3 is 19.9 Å². The molecule has 218 valence electrons. The Hall–Kier alpha value is -3.97. The number of hydrogen-bond donors (Lipinski definition) is 2. The van der Waals surface area contributed by atoms with Gasteiger partial charge in [-0.15, -0.1) is 11.8 Å². The number of amides is 2. The lowest BCUT2D eigenvalue weighted by molar-refractivity contribution is -0.384. The Labute approximate surface area is 240 Å². The topological polar surface area (TPSA) is 165 Å². The standard InChI is InChI=1S/C28H31N3O9S/c1-27(2,3)40-22(33)14-19-16-41-25-23(29-21(32)13-17-7-5-4-6-8-17)24(34)30(25)28(19,36)26(35)39-15-18-9-11-20(12-10-18)31(37)38/h4-12,19,23,25,36H,13-16H2,1-3H3,(H,29,32)/t19?,23-,25-,28?/m1/s1. The van der Waals surface area contributed by atoms with Crippen LogP contribution in [0.25, 0.3) is 0 Å². The number of ether oxygens (including phenoxy) is 2. The summed E-state index contributed by atoms with van der Waals surface area (Å²) in [5.41, 5.74) is -2.29. The van der Waals surface area contributed by atoms with Gasteiger partial charge in [0, 0.05) is 23.8 Å². The number of fused-ring (bicyclic) bond motifs is 1. The summed E-state index contributed by atoms with van der Waals surface area (Å²) in [4.78, 5) is 63.3. The molecule has 2 N–H and O–H groups in total. The number of nitro groups is 1. The summed E-state index contributed by atoms with van der Waals surface area (Å²) in [5.74, 6) is -3.86. The zero-order valence-corrected chi connectivity index (χ0v) is 23.6. The van der Waals surface area contributed by atoms with E-state index in [0.29, 0.717) is 5.56 Å². The average Bonchev–Trinajstić information content (AvgIpc) is 2.91. The van der Waals surface area contributed by atoms with E-state index < -0.39 is 57.3 Å². The van der Waals surface area contributed by atoms with Gasteiger partial charge in [-0.3, -0.25) is 29.4 Å². The molecular formula is C28H31N3O9S. The van der Waals surface area contributed by atoms with Crippen molar-refractivity contribution in [2.75, 3.05) is 5.75 Å². The van der Waals surface area contributed by atoms with Crippen LogP contribution in [-0.4, -0.2) is 67.2 Å². The molecule has 12 nitrogen and oxygen atoms in total. The first-order chi connectivity index (χ1) is 19.3. The Morgan fingerprint density at radius 1 is 1.12 bits per heavy atom. The summed E-state index contributed by atoms with van der Waals surface area (Å²) >= 11 is 1.23. The van der Waals surface area contributed by atoms with E-state index in [-0.39, 0.29) is 30.9 Å². The molecule has 2 aromatic carbocycles. The molecule has 2 amide bonds. The molecule has 4 atom stereocenters. The van der Waals surface area contributed by atoms with Crippen LogP contribution in [0.3, 0.4) is 0 Å². The minimum atomic E-state index is -2.51. The molecule has 0 saturated carbocycles. The number of carbonyl (C=O) groups is 4. The van der Waals surface area contributed by atoms with Crippen molar-refractivity contribution < 1.29 is 38.7 Å². The van der Waals surface area contributed by atoms with E-state index in [0.717, 1.165) is 10.5 Å². The van der Waals surface area contributed by atoms with Crippen molar-refractivity contribution >= 4 is 41.2 Å². The minimum absolute atomic E-state index is 0.0465. The largest absolute Gasteiger partial charge is 0.460 e. The number of benzene rings is 2. The maximum atomic E-state index is 13.4. The summed E-state index contributed by atoms with van der Waals surface area (Å²) in [7, 11) is 0. The van der Waals surface area contributed by atoms with Crippen LogP contribution in [0.1, 0.15) is 38.3 Å². The molecule has 2 unspecified atom stereocenters. The van der Waals surface area contributed by atoms with Crippen LogP contribution in [0, 0.1) is 16.0 Å². The highest BCUT2D eigenvalue weighted by atomic mass is 32.2. The lowest BCUT2D eigenvalue weighted by Crippen LogP contribution is -2.81. The number of aliphatic hydroxyl groups is 1. The fourth-order valence-corrected chi connectivity index (χ4v) is 6.25. The van der Waals surface area contributed by atoms with Crippen LogP contribution in [0.2, 0.25) is 0 Å². The molecule has 2 aliphatic rings. The number of nitro benzene ring substituents is 1. The van der Waals surface area contributed by atoms with Gasteiger partial charge in [0.25, 0.3) is 11.6 Å². The van der Waals surface area contributed by atoms with Crippen LogP contribution >= 0.6 is 11.8 Å². The van der Waals surface area contributed by atoms with Gasteiger partial charge in [-0.05, 0) is 44.0 Å². The predicted molar refractivity (Wildman–Crippen MR) is 147 cm³/mol. The van der Waals surface area contributed by atoms with Gasteiger partial charge in [0.1, 0.15) is 23.6 Å². The maximum absolute atomic E-state index is 13.4. The summed E-state index contributed by atoms with van der Waals surface area (Å²) < 4.78 is 10.8. The van der Waals surface area contributed by atoms with Crippen LogP contribution in [0.4, 0.5) is 5.69 Å². The van der Waals surface area contributed by atoms with E-state index in [1.165, 1.54) is 36.0 Å². The van der Waals surface area contributed by atoms with E-state index in [1.807, 2.05) is 6.07 Å². The third kappa shape index (κ3) is 6.68. The van der Waals surface area contributed by atoms with Gasteiger partial charge in [-0.1, -0.05) is 30.3 Å². The first-order valence-electron chi connectivity index (χ1n) is 12.9. The Morgan fingerprint density at radius 3 is 2.39 bits per heavy atom. The van der Waals surface area contributed by atoms with Crippen LogP contribution in [0.15, 0.2) is 54.6 Å². The van der Waals surface area contributed by atoms with Crippen molar-refractivity contribution in [3.8, 4) is 0 Å². The highest BCUT2D eigenvalue weighted by Gasteiger charge is 2.66. The van der Waals surface area contributed by atoms with E-state index >= 15 is 0 Å². The number of nitrogens with zero attached hydrogens (tertiary/aromatic N) is 2. The summed E-state index contributed by atoms with van der Waals surface area (Å²) in [6.07, 6.45) is -0.320. The van der Waals surface area contributed by atoms with Crippen LogP contribution in [0.5, 0.6) is 0 Å². The third-order valence-electron chi connectivity index (χ3n) is 6.62. The Morgan fingerprint density at radius 2 is 1.78 bits per heavy atom. The van der Waals surface area contributed by atoms with Gasteiger partial charge in [0.2, 0.25) is 11.6 Å². The third-order valence-corrected chi connectivity index (χ3v) is 8.04. The molecular weight excluding hydrogens is 554 g/mol. The first-order valence-corrected chi connectivity index (χ1v) is 14.0. The molecule has 2 heterocycles. The molecule has 0 aromatic heterocycles. The quantitative estimate of drug-likeness (QED) is 0.193. The Bertz CT molecular complexity index is 1330. The predicted octanol–water partition coefficient (Wildman–Crippen LogP) is 2.32. The number of nitrogens with one attached hydrogen (secondary N) is 1. The number of thioether (sulfide) groups is 1. The smallest absolute Gasteiger partial charge is 0.360 e. The van der Waals surface area contributed by atoms with Crippen molar-refractivity contribution in [2.45, 2.75) is 63.0 Å². The highest BCUT2D eigenvalue weighted by Crippen LogP contribution is 2.47. The average molecular weight is 586 g/mol.